The molecular formula is C16H14FN3O. The summed E-state index contributed by atoms with van der Waals surface area (Å²) < 4.78 is 15.3. The van der Waals surface area contributed by atoms with Crippen molar-refractivity contribution in [2.45, 2.75) is 6.42 Å². The van der Waals surface area contributed by atoms with Crippen LogP contribution in [0.5, 0.6) is 0 Å². The van der Waals surface area contributed by atoms with E-state index >= 15 is 0 Å². The zero-order chi connectivity index (χ0) is 14.7. The Labute approximate surface area is 121 Å². The molecule has 5 heteroatoms. The molecule has 0 aliphatic rings. The molecule has 0 unspecified atom stereocenters. The highest BCUT2D eigenvalue weighted by molar-refractivity contribution is 5.99. The van der Waals surface area contributed by atoms with Gasteiger partial charge in [-0.05, 0) is 30.2 Å². The zero-order valence-electron chi connectivity index (χ0n) is 11.3. The molecule has 0 saturated heterocycles. The highest BCUT2D eigenvalue weighted by Gasteiger charge is 2.11. The quantitative estimate of drug-likeness (QED) is 0.799. The van der Waals surface area contributed by atoms with Crippen LogP contribution in [-0.4, -0.2) is 21.8 Å². The second-order valence-electron chi connectivity index (χ2n) is 4.68. The third kappa shape index (κ3) is 2.76. The molecule has 1 amide bonds. The van der Waals surface area contributed by atoms with Gasteiger partial charge in [-0.25, -0.2) is 9.37 Å². The second kappa shape index (κ2) is 5.75. The first-order valence-corrected chi connectivity index (χ1v) is 6.69. The van der Waals surface area contributed by atoms with Crippen molar-refractivity contribution in [2.75, 3.05) is 6.54 Å². The minimum Gasteiger partial charge on any atom is -0.352 e. The summed E-state index contributed by atoms with van der Waals surface area (Å²) in [6, 6.07) is 10.1. The first kappa shape index (κ1) is 13.3. The van der Waals surface area contributed by atoms with E-state index < -0.39 is 0 Å². The van der Waals surface area contributed by atoms with Crippen LogP contribution in [0.3, 0.4) is 0 Å². The molecular weight excluding hydrogens is 269 g/mol. The topological polar surface area (TPSA) is 46.4 Å². The average molecular weight is 283 g/mol. The fourth-order valence-corrected chi connectivity index (χ4v) is 2.23. The molecule has 4 nitrogen and oxygen atoms in total. The van der Waals surface area contributed by atoms with Crippen molar-refractivity contribution in [3.05, 3.63) is 71.9 Å². The maximum absolute atomic E-state index is 13.5. The summed E-state index contributed by atoms with van der Waals surface area (Å²) in [4.78, 5) is 16.3. The summed E-state index contributed by atoms with van der Waals surface area (Å²) in [7, 11) is 0. The van der Waals surface area contributed by atoms with Gasteiger partial charge < -0.3 is 9.72 Å². The average Bonchev–Trinajstić information content (AvgIpc) is 2.97. The molecule has 0 bridgehead atoms. The molecule has 0 fully saturated rings. The monoisotopic (exact) mass is 283 g/mol. The molecule has 1 aromatic carbocycles. The lowest BCUT2D eigenvalue weighted by Crippen LogP contribution is -2.26. The van der Waals surface area contributed by atoms with Crippen molar-refractivity contribution < 1.29 is 9.18 Å². The highest BCUT2D eigenvalue weighted by atomic mass is 19.1. The van der Waals surface area contributed by atoms with Crippen LogP contribution in [0.1, 0.15) is 15.9 Å². The van der Waals surface area contributed by atoms with Crippen LogP contribution in [0.2, 0.25) is 0 Å². The minimum absolute atomic E-state index is 0.205. The van der Waals surface area contributed by atoms with Crippen molar-refractivity contribution in [2.24, 2.45) is 0 Å². The zero-order valence-corrected chi connectivity index (χ0v) is 11.3. The molecule has 0 aliphatic heterocycles. The van der Waals surface area contributed by atoms with E-state index in [2.05, 4.69) is 10.3 Å². The van der Waals surface area contributed by atoms with Crippen LogP contribution in [0.15, 0.2) is 55.0 Å². The molecule has 0 radical (unpaired) electrons. The third-order valence-electron chi connectivity index (χ3n) is 3.30. The van der Waals surface area contributed by atoms with Crippen LogP contribution < -0.4 is 5.32 Å². The Hall–Kier alpha value is -2.69. The molecule has 21 heavy (non-hydrogen) atoms. The van der Waals surface area contributed by atoms with Gasteiger partial charge in [0.15, 0.2) is 0 Å². The predicted octanol–water partition coefficient (Wildman–Crippen LogP) is 2.45. The number of halogens is 1. The lowest BCUT2D eigenvalue weighted by Gasteiger charge is -2.07. The smallest absolute Gasteiger partial charge is 0.255 e. The number of benzene rings is 1. The Morgan fingerprint density at radius 3 is 2.90 bits per heavy atom. The van der Waals surface area contributed by atoms with Gasteiger partial charge >= 0.3 is 0 Å². The second-order valence-corrected chi connectivity index (χ2v) is 4.68. The van der Waals surface area contributed by atoms with E-state index in [0.29, 0.717) is 29.7 Å². The number of nitrogens with one attached hydrogen (secondary N) is 1. The number of hydrogen-bond donors (Lipinski definition) is 1. The summed E-state index contributed by atoms with van der Waals surface area (Å²) >= 11 is 0. The van der Waals surface area contributed by atoms with E-state index in [1.165, 1.54) is 6.07 Å². The first-order chi connectivity index (χ1) is 10.3. The fraction of sp³-hybridized carbons (Fsp3) is 0.125. The van der Waals surface area contributed by atoms with E-state index in [9.17, 15) is 9.18 Å². The number of amides is 1. The largest absolute Gasteiger partial charge is 0.352 e. The van der Waals surface area contributed by atoms with Crippen LogP contribution in [0, 0.1) is 5.82 Å². The summed E-state index contributed by atoms with van der Waals surface area (Å²) in [6.07, 6.45) is 5.71. The molecule has 0 aliphatic carbocycles. The number of imidazole rings is 1. The first-order valence-electron chi connectivity index (χ1n) is 6.69. The van der Waals surface area contributed by atoms with Crippen molar-refractivity contribution >= 4 is 11.6 Å². The van der Waals surface area contributed by atoms with E-state index in [1.807, 2.05) is 6.20 Å². The van der Waals surface area contributed by atoms with Crippen LogP contribution in [0.4, 0.5) is 4.39 Å². The third-order valence-corrected chi connectivity index (χ3v) is 3.30. The van der Waals surface area contributed by atoms with Gasteiger partial charge in [0, 0.05) is 25.1 Å². The maximum atomic E-state index is 13.5. The lowest BCUT2D eigenvalue weighted by molar-refractivity contribution is 0.0955. The van der Waals surface area contributed by atoms with Crippen LogP contribution >= 0.6 is 0 Å². The SMILES string of the molecule is O=C(NCCc1ccccc1F)c1cccn2ccnc12. The van der Waals surface area contributed by atoms with Gasteiger partial charge in [-0.1, -0.05) is 18.2 Å². The highest BCUT2D eigenvalue weighted by Crippen LogP contribution is 2.09. The van der Waals surface area contributed by atoms with E-state index in [1.54, 1.807) is 47.1 Å². The Morgan fingerprint density at radius 1 is 1.19 bits per heavy atom. The summed E-state index contributed by atoms with van der Waals surface area (Å²) in [5, 5.41) is 2.80. The molecule has 3 aromatic rings. The molecule has 3 rings (SSSR count). The van der Waals surface area contributed by atoms with Gasteiger partial charge in [0.05, 0.1) is 5.56 Å². The predicted molar refractivity (Wildman–Crippen MR) is 77.6 cm³/mol. The van der Waals surface area contributed by atoms with Gasteiger partial charge in [0.25, 0.3) is 5.91 Å². The number of carbonyl (C=O) groups is 1. The van der Waals surface area contributed by atoms with E-state index in [4.69, 9.17) is 0 Å². The number of nitrogens with zero attached hydrogens (tertiary/aromatic N) is 2. The minimum atomic E-state index is -0.248. The van der Waals surface area contributed by atoms with E-state index in [0.717, 1.165) is 0 Å². The fourth-order valence-electron chi connectivity index (χ4n) is 2.23. The Kier molecular flexibility index (Phi) is 3.64. The van der Waals surface area contributed by atoms with Gasteiger partial charge in [0.2, 0.25) is 0 Å². The van der Waals surface area contributed by atoms with Crippen LogP contribution in [-0.2, 0) is 6.42 Å². The molecule has 0 atom stereocenters. The maximum Gasteiger partial charge on any atom is 0.255 e. The number of rotatable bonds is 4. The van der Waals surface area contributed by atoms with Crippen molar-refractivity contribution in [3.63, 3.8) is 0 Å². The van der Waals surface area contributed by atoms with E-state index in [-0.39, 0.29) is 11.7 Å². The summed E-state index contributed by atoms with van der Waals surface area (Å²) in [6.45, 7) is 0.377. The molecule has 1 N–H and O–H groups in total. The normalized spacial score (nSPS) is 10.7. The summed E-state index contributed by atoms with van der Waals surface area (Å²) in [5.41, 5.74) is 1.72. The molecule has 2 aromatic heterocycles. The number of fused-ring (bicyclic) bond motifs is 1. The summed E-state index contributed by atoms with van der Waals surface area (Å²) in [5.74, 6) is -0.453. The van der Waals surface area contributed by atoms with Gasteiger partial charge in [0.1, 0.15) is 11.5 Å². The van der Waals surface area contributed by atoms with Crippen molar-refractivity contribution in [1.29, 1.82) is 0 Å². The number of hydrogen-bond acceptors (Lipinski definition) is 2. The standard InChI is InChI=1S/C16H14FN3O/c17-14-6-2-1-4-12(14)7-8-19-16(21)13-5-3-10-20-11-9-18-15(13)20/h1-6,9-11H,7-8H2,(H,19,21). The van der Waals surface area contributed by atoms with Gasteiger partial charge in [-0.15, -0.1) is 0 Å². The number of carbonyl (C=O) groups excluding carboxylic acids is 1. The van der Waals surface area contributed by atoms with Crippen LogP contribution in [0.25, 0.3) is 5.65 Å². The number of pyridine rings is 1. The molecule has 106 valence electrons. The van der Waals surface area contributed by atoms with Crippen molar-refractivity contribution in [1.82, 2.24) is 14.7 Å². The van der Waals surface area contributed by atoms with Gasteiger partial charge in [-0.2, -0.15) is 0 Å². The Bertz CT molecular complexity index is 782. The number of aromatic nitrogens is 2. The Balaban J connectivity index is 1.67. The molecule has 0 spiro atoms. The van der Waals surface area contributed by atoms with Crippen molar-refractivity contribution in [3.8, 4) is 0 Å². The molecule has 0 saturated carbocycles. The van der Waals surface area contributed by atoms with Gasteiger partial charge in [-0.3, -0.25) is 4.79 Å². The Morgan fingerprint density at radius 2 is 2.05 bits per heavy atom. The lowest BCUT2D eigenvalue weighted by atomic mass is 10.1. The molecule has 2 heterocycles.